The predicted octanol–water partition coefficient (Wildman–Crippen LogP) is 3.68. The number of nitrogens with zero attached hydrogens (tertiary/aromatic N) is 1. The lowest BCUT2D eigenvalue weighted by atomic mass is 10.1. The van der Waals surface area contributed by atoms with Gasteiger partial charge in [-0.2, -0.15) is 0 Å². The van der Waals surface area contributed by atoms with Crippen molar-refractivity contribution in [2.45, 2.75) is 39.2 Å². The summed E-state index contributed by atoms with van der Waals surface area (Å²) in [5, 5.41) is 5.60. The van der Waals surface area contributed by atoms with Gasteiger partial charge in [0.05, 0.1) is 23.5 Å². The molecule has 0 bridgehead atoms. The van der Waals surface area contributed by atoms with Crippen LogP contribution in [0.15, 0.2) is 36.4 Å². The standard InChI is InChI=1S/C24H27N3O5/c1-3-31-20-11-10-16(24(30)27-12-5-4-6-13-27)14-19(20)26-23(29)17-8-7-9-18-21(17)32-15(2)22(28)25-18/h7-11,14-15H,3-6,12-13H2,1-2H3,(H,25,28)(H,26,29). The van der Waals surface area contributed by atoms with Crippen LogP contribution in [0, 0.1) is 0 Å². The molecular weight excluding hydrogens is 410 g/mol. The van der Waals surface area contributed by atoms with E-state index in [1.165, 1.54) is 0 Å². The number of piperidine rings is 1. The summed E-state index contributed by atoms with van der Waals surface area (Å²) in [5.74, 6) is 0.0468. The smallest absolute Gasteiger partial charge is 0.265 e. The van der Waals surface area contributed by atoms with E-state index >= 15 is 0 Å². The molecule has 1 fully saturated rings. The minimum absolute atomic E-state index is 0.0554. The van der Waals surface area contributed by atoms with Gasteiger partial charge in [-0.3, -0.25) is 14.4 Å². The van der Waals surface area contributed by atoms with Crippen LogP contribution in [0.1, 0.15) is 53.8 Å². The van der Waals surface area contributed by atoms with E-state index in [2.05, 4.69) is 10.6 Å². The fourth-order valence-corrected chi connectivity index (χ4v) is 3.92. The Morgan fingerprint density at radius 1 is 1.19 bits per heavy atom. The van der Waals surface area contributed by atoms with Crippen LogP contribution in [-0.2, 0) is 4.79 Å². The Morgan fingerprint density at radius 3 is 2.72 bits per heavy atom. The molecule has 2 aliphatic rings. The molecule has 0 radical (unpaired) electrons. The maximum Gasteiger partial charge on any atom is 0.265 e. The van der Waals surface area contributed by atoms with Crippen molar-refractivity contribution in [3.05, 3.63) is 47.5 Å². The van der Waals surface area contributed by atoms with Crippen molar-refractivity contribution in [2.24, 2.45) is 0 Å². The molecule has 1 unspecified atom stereocenters. The molecule has 32 heavy (non-hydrogen) atoms. The Hall–Kier alpha value is -3.55. The Balaban J connectivity index is 1.62. The third-order valence-corrected chi connectivity index (χ3v) is 5.60. The lowest BCUT2D eigenvalue weighted by molar-refractivity contribution is -0.122. The normalized spacial score (nSPS) is 17.6. The summed E-state index contributed by atoms with van der Waals surface area (Å²) < 4.78 is 11.4. The summed E-state index contributed by atoms with van der Waals surface area (Å²) in [7, 11) is 0. The molecule has 2 aromatic rings. The fraction of sp³-hybridized carbons (Fsp3) is 0.375. The second-order valence-corrected chi connectivity index (χ2v) is 7.88. The molecule has 0 saturated carbocycles. The van der Waals surface area contributed by atoms with Gasteiger partial charge in [0.25, 0.3) is 17.7 Å². The van der Waals surface area contributed by atoms with E-state index in [1.807, 2.05) is 11.8 Å². The highest BCUT2D eigenvalue weighted by molar-refractivity contribution is 6.10. The molecule has 1 saturated heterocycles. The molecule has 8 nitrogen and oxygen atoms in total. The van der Waals surface area contributed by atoms with Gasteiger partial charge < -0.3 is 25.0 Å². The number of carbonyl (C=O) groups excluding carboxylic acids is 3. The molecule has 4 rings (SSSR count). The number of anilines is 2. The van der Waals surface area contributed by atoms with Gasteiger partial charge in [-0.15, -0.1) is 0 Å². The number of amides is 3. The quantitative estimate of drug-likeness (QED) is 0.744. The van der Waals surface area contributed by atoms with Gasteiger partial charge in [0.1, 0.15) is 5.75 Å². The summed E-state index contributed by atoms with van der Waals surface area (Å²) >= 11 is 0. The Kier molecular flexibility index (Phi) is 6.30. The van der Waals surface area contributed by atoms with E-state index in [0.717, 1.165) is 32.4 Å². The van der Waals surface area contributed by atoms with Gasteiger partial charge in [-0.05, 0) is 63.4 Å². The molecule has 0 aliphatic carbocycles. The van der Waals surface area contributed by atoms with E-state index < -0.39 is 12.0 Å². The van der Waals surface area contributed by atoms with Crippen LogP contribution < -0.4 is 20.1 Å². The van der Waals surface area contributed by atoms with Crippen LogP contribution in [-0.4, -0.2) is 48.4 Å². The first-order valence-electron chi connectivity index (χ1n) is 11.0. The van der Waals surface area contributed by atoms with Crippen LogP contribution in [0.25, 0.3) is 0 Å². The Bertz CT molecular complexity index is 1050. The first-order valence-corrected chi connectivity index (χ1v) is 11.0. The first-order chi connectivity index (χ1) is 15.5. The third-order valence-electron chi connectivity index (χ3n) is 5.60. The largest absolute Gasteiger partial charge is 0.492 e. The predicted molar refractivity (Wildman–Crippen MR) is 120 cm³/mol. The molecule has 3 amide bonds. The van der Waals surface area contributed by atoms with Crippen molar-refractivity contribution in [2.75, 3.05) is 30.3 Å². The number of ether oxygens (including phenoxy) is 2. The second-order valence-electron chi connectivity index (χ2n) is 7.88. The second kappa shape index (κ2) is 9.30. The van der Waals surface area contributed by atoms with Gasteiger partial charge in [-0.1, -0.05) is 6.07 Å². The number of nitrogens with one attached hydrogen (secondary N) is 2. The lowest BCUT2D eigenvalue weighted by Crippen LogP contribution is -2.35. The van der Waals surface area contributed by atoms with E-state index in [0.29, 0.717) is 35.0 Å². The minimum atomic E-state index is -0.707. The number of rotatable bonds is 5. The number of hydrogen-bond acceptors (Lipinski definition) is 5. The van der Waals surface area contributed by atoms with Crippen LogP contribution in [0.4, 0.5) is 11.4 Å². The maximum absolute atomic E-state index is 13.2. The van der Waals surface area contributed by atoms with Crippen molar-refractivity contribution < 1.29 is 23.9 Å². The molecule has 2 heterocycles. The summed E-state index contributed by atoms with van der Waals surface area (Å²) in [4.78, 5) is 39.8. The molecular formula is C24H27N3O5. The van der Waals surface area contributed by atoms with Crippen molar-refractivity contribution in [1.29, 1.82) is 0 Å². The van der Waals surface area contributed by atoms with Crippen molar-refractivity contribution in [3.63, 3.8) is 0 Å². The zero-order chi connectivity index (χ0) is 22.7. The molecule has 8 heteroatoms. The van der Waals surface area contributed by atoms with Crippen LogP contribution in [0.3, 0.4) is 0 Å². The van der Waals surface area contributed by atoms with Crippen LogP contribution in [0.2, 0.25) is 0 Å². The summed E-state index contributed by atoms with van der Waals surface area (Å²) in [6.45, 7) is 5.37. The Labute approximate surface area is 186 Å². The van der Waals surface area contributed by atoms with Gasteiger partial charge in [0, 0.05) is 18.7 Å². The lowest BCUT2D eigenvalue weighted by Gasteiger charge is -2.27. The van der Waals surface area contributed by atoms with Crippen molar-refractivity contribution in [1.82, 2.24) is 4.90 Å². The average molecular weight is 437 g/mol. The van der Waals surface area contributed by atoms with Crippen molar-refractivity contribution in [3.8, 4) is 11.5 Å². The molecule has 0 aromatic heterocycles. The monoisotopic (exact) mass is 437 g/mol. The zero-order valence-electron chi connectivity index (χ0n) is 18.3. The SMILES string of the molecule is CCOc1ccc(C(=O)N2CCCCC2)cc1NC(=O)c1cccc2c1OC(C)C(=O)N2. The van der Waals surface area contributed by atoms with E-state index in [1.54, 1.807) is 43.3 Å². The maximum atomic E-state index is 13.2. The van der Waals surface area contributed by atoms with Crippen molar-refractivity contribution >= 4 is 29.1 Å². The topological polar surface area (TPSA) is 97.0 Å². The molecule has 168 valence electrons. The zero-order valence-corrected chi connectivity index (χ0v) is 18.3. The van der Waals surface area contributed by atoms with Crippen LogP contribution >= 0.6 is 0 Å². The number of fused-ring (bicyclic) bond motifs is 1. The molecule has 2 aliphatic heterocycles. The highest BCUT2D eigenvalue weighted by Gasteiger charge is 2.28. The number of para-hydroxylation sites is 1. The number of benzene rings is 2. The highest BCUT2D eigenvalue weighted by atomic mass is 16.5. The fourth-order valence-electron chi connectivity index (χ4n) is 3.92. The average Bonchev–Trinajstić information content (AvgIpc) is 2.80. The highest BCUT2D eigenvalue weighted by Crippen LogP contribution is 2.35. The molecule has 2 aromatic carbocycles. The minimum Gasteiger partial charge on any atom is -0.492 e. The third kappa shape index (κ3) is 4.39. The van der Waals surface area contributed by atoms with E-state index in [4.69, 9.17) is 9.47 Å². The van der Waals surface area contributed by atoms with Gasteiger partial charge >= 0.3 is 0 Å². The summed E-state index contributed by atoms with van der Waals surface area (Å²) in [6.07, 6.45) is 2.43. The number of hydrogen-bond donors (Lipinski definition) is 2. The molecule has 2 N–H and O–H groups in total. The van der Waals surface area contributed by atoms with E-state index in [-0.39, 0.29) is 17.4 Å². The number of likely N-dealkylation sites (tertiary alicyclic amines) is 1. The van der Waals surface area contributed by atoms with Gasteiger partial charge in [0.15, 0.2) is 11.9 Å². The molecule has 1 atom stereocenters. The Morgan fingerprint density at radius 2 is 1.97 bits per heavy atom. The summed E-state index contributed by atoms with van der Waals surface area (Å²) in [5.41, 5.74) is 1.63. The molecule has 0 spiro atoms. The van der Waals surface area contributed by atoms with Crippen LogP contribution in [0.5, 0.6) is 11.5 Å². The summed E-state index contributed by atoms with van der Waals surface area (Å²) in [6, 6.07) is 10.1. The van der Waals surface area contributed by atoms with E-state index in [9.17, 15) is 14.4 Å². The van der Waals surface area contributed by atoms with Gasteiger partial charge in [-0.25, -0.2) is 0 Å². The number of carbonyl (C=O) groups is 3. The van der Waals surface area contributed by atoms with Gasteiger partial charge in [0.2, 0.25) is 0 Å². The first kappa shape index (κ1) is 21.7.